The number of rotatable bonds is 8. The number of alkyl halides is 2. The van der Waals surface area contributed by atoms with Gasteiger partial charge >= 0.3 is 12.2 Å². The minimum Gasteiger partial charge on any atom is -0.446 e. The summed E-state index contributed by atoms with van der Waals surface area (Å²) in [4.78, 5) is 25.5. The van der Waals surface area contributed by atoms with Crippen molar-refractivity contribution in [3.8, 4) is 5.75 Å². The maximum Gasteiger partial charge on any atom is 0.415 e. The average Bonchev–Trinajstić information content (AvgIpc) is 2.54. The second-order valence-corrected chi connectivity index (χ2v) is 6.60. The van der Waals surface area contributed by atoms with Crippen LogP contribution >= 0.6 is 31.9 Å². The Hall–Kier alpha value is -1.28. The largest absolute Gasteiger partial charge is 0.446 e. The smallest absolute Gasteiger partial charge is 0.415 e. The van der Waals surface area contributed by atoms with Crippen LogP contribution in [0.5, 0.6) is 5.75 Å². The summed E-state index contributed by atoms with van der Waals surface area (Å²) >= 11 is 6.62. The monoisotopic (exact) mass is 464 g/mol. The number of amides is 2. The Kier molecular flexibility index (Phi) is 9.78. The number of nitrogens with zero attached hydrogens (tertiary/aromatic N) is 1. The van der Waals surface area contributed by atoms with Crippen LogP contribution in [0.2, 0.25) is 0 Å². The van der Waals surface area contributed by atoms with E-state index in [1.54, 1.807) is 29.2 Å². The summed E-state index contributed by atoms with van der Waals surface area (Å²) in [5.74, 6) is 0.357. The number of carbonyl (C=O) groups is 2. The Morgan fingerprint density at radius 1 is 1.25 bits per heavy atom. The second-order valence-electron chi connectivity index (χ2n) is 5.01. The third-order valence-electron chi connectivity index (χ3n) is 3.14. The van der Waals surface area contributed by atoms with E-state index in [0.717, 1.165) is 6.42 Å². The summed E-state index contributed by atoms with van der Waals surface area (Å²) in [6.07, 6.45) is -0.392. The summed E-state index contributed by atoms with van der Waals surface area (Å²) < 4.78 is 10.5. The molecule has 0 aliphatic carbocycles. The molecule has 0 heterocycles. The molecular weight excluding hydrogens is 444 g/mol. The highest BCUT2D eigenvalue weighted by atomic mass is 79.9. The van der Waals surface area contributed by atoms with Crippen LogP contribution in [0.4, 0.5) is 15.3 Å². The SMILES string of the molecule is CCC(C)OC(=O)Nc1cccc(OC(=O)N(CCBr)CCBr)c1. The van der Waals surface area contributed by atoms with Crippen LogP contribution in [0.25, 0.3) is 0 Å². The van der Waals surface area contributed by atoms with E-state index in [1.165, 1.54) is 0 Å². The lowest BCUT2D eigenvalue weighted by molar-refractivity contribution is 0.118. The standard InChI is InChI=1S/C16H22Br2N2O4/c1-3-12(2)23-15(21)19-13-5-4-6-14(11-13)24-16(22)20(9-7-17)10-8-18/h4-6,11-12H,3,7-10H2,1-2H3,(H,19,21). The van der Waals surface area contributed by atoms with Gasteiger partial charge in [-0.15, -0.1) is 0 Å². The molecule has 0 aliphatic rings. The molecule has 134 valence electrons. The summed E-state index contributed by atoms with van der Waals surface area (Å²) in [5.41, 5.74) is 0.501. The fourth-order valence-corrected chi connectivity index (χ4v) is 2.57. The van der Waals surface area contributed by atoms with Crippen LogP contribution in [0.15, 0.2) is 24.3 Å². The van der Waals surface area contributed by atoms with Crippen LogP contribution in [0, 0.1) is 0 Å². The van der Waals surface area contributed by atoms with Crippen molar-refractivity contribution in [3.63, 3.8) is 0 Å². The Morgan fingerprint density at radius 2 is 1.92 bits per heavy atom. The van der Waals surface area contributed by atoms with Crippen LogP contribution in [-0.2, 0) is 4.74 Å². The molecule has 1 rings (SSSR count). The number of halogens is 2. The molecule has 1 atom stereocenters. The lowest BCUT2D eigenvalue weighted by Gasteiger charge is -2.20. The maximum atomic E-state index is 12.2. The second kappa shape index (κ2) is 11.3. The molecule has 0 aromatic heterocycles. The first-order chi connectivity index (χ1) is 11.5. The minimum atomic E-state index is -0.534. The molecule has 6 nitrogen and oxygen atoms in total. The van der Waals surface area contributed by atoms with E-state index >= 15 is 0 Å². The minimum absolute atomic E-state index is 0.159. The molecule has 0 fully saturated rings. The summed E-state index contributed by atoms with van der Waals surface area (Å²) in [6.45, 7) is 4.84. The molecule has 0 spiro atoms. The third-order valence-corrected chi connectivity index (χ3v) is 3.85. The van der Waals surface area contributed by atoms with Crippen molar-refractivity contribution in [1.82, 2.24) is 4.90 Å². The molecule has 0 aliphatic heterocycles. The lowest BCUT2D eigenvalue weighted by atomic mass is 10.3. The van der Waals surface area contributed by atoms with Crippen LogP contribution in [0.3, 0.4) is 0 Å². The topological polar surface area (TPSA) is 67.9 Å². The first kappa shape index (κ1) is 20.8. The van der Waals surface area contributed by atoms with Crippen LogP contribution in [-0.4, -0.2) is 46.9 Å². The lowest BCUT2D eigenvalue weighted by Crippen LogP contribution is -2.36. The van der Waals surface area contributed by atoms with Crippen molar-refractivity contribution in [2.45, 2.75) is 26.4 Å². The fourth-order valence-electron chi connectivity index (χ4n) is 1.71. The van der Waals surface area contributed by atoms with Gasteiger partial charge in [0, 0.05) is 35.5 Å². The number of carbonyl (C=O) groups excluding carboxylic acids is 2. The quantitative estimate of drug-likeness (QED) is 0.568. The summed E-state index contributed by atoms with van der Waals surface area (Å²) in [7, 11) is 0. The average molecular weight is 466 g/mol. The molecular formula is C16H22Br2N2O4. The van der Waals surface area contributed by atoms with Gasteiger partial charge in [0.1, 0.15) is 11.9 Å². The van der Waals surface area contributed by atoms with Gasteiger partial charge in [-0.3, -0.25) is 5.32 Å². The van der Waals surface area contributed by atoms with E-state index in [9.17, 15) is 9.59 Å². The highest BCUT2D eigenvalue weighted by Gasteiger charge is 2.15. The molecule has 1 N–H and O–H groups in total. The predicted octanol–water partition coefficient (Wildman–Crippen LogP) is 4.62. The van der Waals surface area contributed by atoms with Gasteiger partial charge in [-0.2, -0.15) is 0 Å². The number of nitrogens with one attached hydrogen (secondary N) is 1. The Labute approximate surface area is 159 Å². The van der Waals surface area contributed by atoms with Crippen molar-refractivity contribution in [3.05, 3.63) is 24.3 Å². The Morgan fingerprint density at radius 3 is 2.50 bits per heavy atom. The maximum absolute atomic E-state index is 12.2. The molecule has 0 bridgehead atoms. The fraction of sp³-hybridized carbons (Fsp3) is 0.500. The molecule has 1 aromatic rings. The van der Waals surface area contributed by atoms with Crippen molar-refractivity contribution in [1.29, 1.82) is 0 Å². The van der Waals surface area contributed by atoms with Crippen molar-refractivity contribution >= 4 is 49.7 Å². The normalized spacial score (nSPS) is 11.5. The van der Waals surface area contributed by atoms with Gasteiger partial charge in [0.25, 0.3) is 0 Å². The van der Waals surface area contributed by atoms with Gasteiger partial charge in [-0.05, 0) is 25.5 Å². The highest BCUT2D eigenvalue weighted by Crippen LogP contribution is 2.19. The number of benzene rings is 1. The summed E-state index contributed by atoms with van der Waals surface area (Å²) in [5, 5.41) is 3.95. The molecule has 24 heavy (non-hydrogen) atoms. The number of ether oxygens (including phenoxy) is 2. The zero-order valence-electron chi connectivity index (χ0n) is 13.8. The first-order valence-electron chi connectivity index (χ1n) is 7.66. The number of hydrogen-bond donors (Lipinski definition) is 1. The van der Waals surface area contributed by atoms with E-state index in [4.69, 9.17) is 9.47 Å². The third kappa shape index (κ3) is 7.53. The number of hydrogen-bond acceptors (Lipinski definition) is 4. The zero-order valence-corrected chi connectivity index (χ0v) is 16.9. The van der Waals surface area contributed by atoms with E-state index in [0.29, 0.717) is 35.2 Å². The molecule has 0 saturated carbocycles. The van der Waals surface area contributed by atoms with Crippen molar-refractivity contribution in [2.24, 2.45) is 0 Å². The molecule has 0 saturated heterocycles. The van der Waals surface area contributed by atoms with Gasteiger partial charge < -0.3 is 14.4 Å². The highest BCUT2D eigenvalue weighted by molar-refractivity contribution is 9.09. The van der Waals surface area contributed by atoms with Crippen molar-refractivity contribution < 1.29 is 19.1 Å². The van der Waals surface area contributed by atoms with Gasteiger partial charge in [0.2, 0.25) is 0 Å². The molecule has 1 unspecified atom stereocenters. The Balaban J connectivity index is 2.67. The first-order valence-corrected chi connectivity index (χ1v) is 9.90. The van der Waals surface area contributed by atoms with E-state index in [-0.39, 0.29) is 6.10 Å². The van der Waals surface area contributed by atoms with Crippen molar-refractivity contribution in [2.75, 3.05) is 29.1 Å². The van der Waals surface area contributed by atoms with E-state index in [2.05, 4.69) is 37.2 Å². The summed E-state index contributed by atoms with van der Waals surface area (Å²) in [6, 6.07) is 6.63. The molecule has 8 heteroatoms. The van der Waals surface area contributed by atoms with E-state index in [1.807, 2.05) is 13.8 Å². The molecule has 1 aromatic carbocycles. The van der Waals surface area contributed by atoms with Gasteiger partial charge in [-0.1, -0.05) is 44.8 Å². The molecule has 0 radical (unpaired) electrons. The number of anilines is 1. The predicted molar refractivity (Wildman–Crippen MR) is 101 cm³/mol. The zero-order chi connectivity index (χ0) is 17.9. The van der Waals surface area contributed by atoms with E-state index < -0.39 is 12.2 Å². The van der Waals surface area contributed by atoms with Gasteiger partial charge in [0.15, 0.2) is 0 Å². The van der Waals surface area contributed by atoms with Crippen LogP contribution in [0.1, 0.15) is 20.3 Å². The molecule has 2 amide bonds. The van der Waals surface area contributed by atoms with Gasteiger partial charge in [0.05, 0.1) is 0 Å². The Bertz CT molecular complexity index is 537. The van der Waals surface area contributed by atoms with Gasteiger partial charge in [-0.25, -0.2) is 9.59 Å². The van der Waals surface area contributed by atoms with Crippen LogP contribution < -0.4 is 10.1 Å².